The lowest BCUT2D eigenvalue weighted by atomic mass is 9.53. The number of benzene rings is 1. The molecule has 5 heterocycles. The molecule has 0 bridgehead atoms. The number of hydrogen-bond donors (Lipinski definition) is 0. The van der Waals surface area contributed by atoms with Gasteiger partial charge >= 0.3 is 0 Å². The molecule has 4 unspecified atom stereocenters. The minimum absolute atomic E-state index is 0.0573. The van der Waals surface area contributed by atoms with Gasteiger partial charge < -0.3 is 23.7 Å². The SMILES string of the molecule is COc1cc(C(=O)N2CC3CC4CC2[C@H]43)cc2nc(-c3cc4cccnc4n3CC3CC3)n(CC3CN(C(=O)C4CCC(F)(F)C4)C3)c12. The summed E-state index contributed by atoms with van der Waals surface area (Å²) in [5, 5.41) is 1.05. The van der Waals surface area contributed by atoms with Crippen molar-refractivity contribution in [3.8, 4) is 17.3 Å². The normalized spacial score (nSPS) is 28.8. The van der Waals surface area contributed by atoms with Crippen LogP contribution in [0.1, 0.15) is 55.3 Å². The number of fused-ring (bicyclic) bond motifs is 2. The van der Waals surface area contributed by atoms with Crippen LogP contribution in [0.25, 0.3) is 33.6 Å². The summed E-state index contributed by atoms with van der Waals surface area (Å²) in [6.45, 7) is 3.32. The van der Waals surface area contributed by atoms with Crippen molar-refractivity contribution in [3.63, 3.8) is 0 Å². The zero-order chi connectivity index (χ0) is 32.5. The van der Waals surface area contributed by atoms with Gasteiger partial charge in [0.15, 0.2) is 5.82 Å². The molecule has 250 valence electrons. The maximum Gasteiger partial charge on any atom is 0.254 e. The number of methoxy groups -OCH3 is 1. The number of rotatable bonds is 8. The Kier molecular flexibility index (Phi) is 6.18. The molecule has 6 fully saturated rings. The van der Waals surface area contributed by atoms with Crippen LogP contribution < -0.4 is 4.74 Å². The number of alkyl halides is 2. The highest BCUT2D eigenvalue weighted by Crippen LogP contribution is 2.61. The van der Waals surface area contributed by atoms with Crippen LogP contribution in [0.3, 0.4) is 0 Å². The molecule has 0 N–H and O–H groups in total. The molecular formula is C37H40F2N6O3. The highest BCUT2D eigenvalue weighted by Gasteiger charge is 2.61. The summed E-state index contributed by atoms with van der Waals surface area (Å²) >= 11 is 0. The molecule has 1 aromatic carbocycles. The maximum atomic E-state index is 14.0. The van der Waals surface area contributed by atoms with E-state index in [1.807, 2.05) is 24.4 Å². The molecule has 11 heteroatoms. The molecule has 2 amide bonds. The lowest BCUT2D eigenvalue weighted by Gasteiger charge is -2.52. The van der Waals surface area contributed by atoms with Gasteiger partial charge in [-0.25, -0.2) is 18.7 Å². The molecule has 0 spiro atoms. The van der Waals surface area contributed by atoms with Crippen molar-refractivity contribution in [1.82, 2.24) is 28.9 Å². The minimum atomic E-state index is -2.74. The number of nitrogens with zero attached hydrogens (tertiary/aromatic N) is 6. The van der Waals surface area contributed by atoms with Gasteiger partial charge in [-0.2, -0.15) is 0 Å². The summed E-state index contributed by atoms with van der Waals surface area (Å²) < 4.78 is 38.3. The number of ether oxygens (including phenoxy) is 1. The fourth-order valence-electron chi connectivity index (χ4n) is 9.80. The van der Waals surface area contributed by atoms with E-state index in [4.69, 9.17) is 14.7 Å². The van der Waals surface area contributed by atoms with Crippen molar-refractivity contribution < 1.29 is 23.1 Å². The van der Waals surface area contributed by atoms with E-state index in [0.29, 0.717) is 60.3 Å². The zero-order valence-corrected chi connectivity index (χ0v) is 27.2. The van der Waals surface area contributed by atoms with E-state index in [1.165, 1.54) is 19.3 Å². The van der Waals surface area contributed by atoms with E-state index in [2.05, 4.69) is 26.2 Å². The molecule has 9 nitrogen and oxygen atoms in total. The van der Waals surface area contributed by atoms with Crippen LogP contribution in [0.2, 0.25) is 0 Å². The van der Waals surface area contributed by atoms with Gasteiger partial charge in [-0.05, 0) is 86.1 Å². The molecule has 4 saturated carbocycles. The molecule has 6 aliphatic rings. The molecule has 3 aromatic heterocycles. The molecule has 2 saturated heterocycles. The topological polar surface area (TPSA) is 85.5 Å². The Labute approximate surface area is 277 Å². The van der Waals surface area contributed by atoms with Gasteiger partial charge in [-0.1, -0.05) is 0 Å². The fourth-order valence-corrected chi connectivity index (χ4v) is 9.80. The molecule has 4 aliphatic carbocycles. The average Bonchev–Trinajstić information content (AvgIpc) is 3.54. The number of amides is 2. The second kappa shape index (κ2) is 10.2. The van der Waals surface area contributed by atoms with Crippen LogP contribution in [0.15, 0.2) is 36.5 Å². The lowest BCUT2D eigenvalue weighted by molar-refractivity contribution is -0.143. The second-order valence-electron chi connectivity index (χ2n) is 15.6. The molecule has 10 rings (SSSR count). The Bertz CT molecular complexity index is 1990. The first-order valence-corrected chi connectivity index (χ1v) is 17.7. The fraction of sp³-hybridized carbons (Fsp3) is 0.568. The number of hydrogen-bond acceptors (Lipinski definition) is 5. The van der Waals surface area contributed by atoms with Crippen molar-refractivity contribution in [3.05, 3.63) is 42.1 Å². The van der Waals surface area contributed by atoms with E-state index in [-0.39, 0.29) is 37.0 Å². The second-order valence-corrected chi connectivity index (χ2v) is 15.6. The monoisotopic (exact) mass is 654 g/mol. The predicted octanol–water partition coefficient (Wildman–Crippen LogP) is 5.85. The smallest absolute Gasteiger partial charge is 0.254 e. The van der Waals surface area contributed by atoms with Crippen LogP contribution in [-0.2, 0) is 17.9 Å². The van der Waals surface area contributed by atoms with Crippen LogP contribution in [0.4, 0.5) is 8.78 Å². The molecule has 5 atom stereocenters. The Morgan fingerprint density at radius 1 is 1.00 bits per heavy atom. The number of imidazole rings is 1. The third-order valence-corrected chi connectivity index (χ3v) is 12.5. The standard InChI is InChI=1S/C37H40F2N6O3/c1-48-30-13-25(36(47)44-19-26-9-24-12-28(44)31(24)26)10-27-32(30)45(18-21-15-42(16-21)35(46)23-6-7-37(38,39)14-23)34(41-27)29-11-22-3-2-8-40-33(22)43(29)17-20-4-5-20/h2-3,8,10-11,13,20-21,23-24,26,28,31H,4-7,9,12,14-19H2,1H3/t23?,24?,26?,28?,31-/m1/s1. The van der Waals surface area contributed by atoms with Gasteiger partial charge in [-0.3, -0.25) is 9.59 Å². The van der Waals surface area contributed by atoms with Crippen LogP contribution in [0.5, 0.6) is 5.75 Å². The largest absolute Gasteiger partial charge is 0.494 e. The van der Waals surface area contributed by atoms with E-state index >= 15 is 0 Å². The summed E-state index contributed by atoms with van der Waals surface area (Å²) in [4.78, 5) is 41.0. The highest BCUT2D eigenvalue weighted by atomic mass is 19.3. The summed E-state index contributed by atoms with van der Waals surface area (Å²) in [6, 6.07) is 10.4. The molecule has 4 aromatic rings. The first-order chi connectivity index (χ1) is 23.2. The van der Waals surface area contributed by atoms with Crippen molar-refractivity contribution in [2.24, 2.45) is 35.5 Å². The number of carbonyl (C=O) groups excluding carboxylic acids is 2. The number of halogens is 2. The van der Waals surface area contributed by atoms with E-state index < -0.39 is 11.8 Å². The molecule has 2 aliphatic heterocycles. The summed E-state index contributed by atoms with van der Waals surface area (Å²) in [5.41, 5.74) is 4.04. The Morgan fingerprint density at radius 3 is 2.56 bits per heavy atom. The highest BCUT2D eigenvalue weighted by molar-refractivity contribution is 6.00. The number of aromatic nitrogens is 4. The first kappa shape index (κ1) is 28.9. The zero-order valence-electron chi connectivity index (χ0n) is 27.2. The number of likely N-dealkylation sites (tertiary alicyclic amines) is 2. The van der Waals surface area contributed by atoms with Crippen LogP contribution >= 0.6 is 0 Å². The molecular weight excluding hydrogens is 614 g/mol. The summed E-state index contributed by atoms with van der Waals surface area (Å²) in [6.07, 6.45) is 6.29. The Hall–Kier alpha value is -4.02. The van der Waals surface area contributed by atoms with Gasteiger partial charge in [0.2, 0.25) is 11.8 Å². The third kappa shape index (κ3) is 4.37. The number of carbonyl (C=O) groups is 2. The van der Waals surface area contributed by atoms with Crippen LogP contribution in [-0.4, -0.2) is 79.4 Å². The molecule has 0 radical (unpaired) electrons. The Morgan fingerprint density at radius 2 is 1.83 bits per heavy atom. The van der Waals surface area contributed by atoms with Crippen molar-refractivity contribution in [2.45, 2.75) is 70.0 Å². The third-order valence-electron chi connectivity index (χ3n) is 12.5. The van der Waals surface area contributed by atoms with Crippen molar-refractivity contribution in [1.29, 1.82) is 0 Å². The van der Waals surface area contributed by atoms with Gasteiger partial charge in [0.1, 0.15) is 16.9 Å². The summed E-state index contributed by atoms with van der Waals surface area (Å²) in [7, 11) is 1.64. The summed E-state index contributed by atoms with van der Waals surface area (Å²) in [5.74, 6) is 0.837. The maximum absolute atomic E-state index is 14.0. The minimum Gasteiger partial charge on any atom is -0.494 e. The predicted molar refractivity (Wildman–Crippen MR) is 175 cm³/mol. The van der Waals surface area contributed by atoms with E-state index in [0.717, 1.165) is 53.5 Å². The quantitative estimate of drug-likeness (QED) is 0.238. The van der Waals surface area contributed by atoms with Crippen LogP contribution in [0, 0.1) is 35.5 Å². The lowest BCUT2D eigenvalue weighted by Crippen LogP contribution is -2.53. The van der Waals surface area contributed by atoms with E-state index in [9.17, 15) is 18.4 Å². The van der Waals surface area contributed by atoms with Gasteiger partial charge in [0.05, 0.1) is 18.3 Å². The van der Waals surface area contributed by atoms with Gasteiger partial charge in [-0.15, -0.1) is 0 Å². The van der Waals surface area contributed by atoms with Crippen molar-refractivity contribution >= 4 is 33.9 Å². The van der Waals surface area contributed by atoms with Gasteiger partial charge in [0.25, 0.3) is 5.91 Å². The Balaban J connectivity index is 1.03. The van der Waals surface area contributed by atoms with E-state index in [1.54, 1.807) is 12.0 Å². The van der Waals surface area contributed by atoms with Gasteiger partial charge in [0, 0.05) is 80.6 Å². The number of pyridine rings is 1. The average molecular weight is 655 g/mol. The molecule has 48 heavy (non-hydrogen) atoms. The first-order valence-electron chi connectivity index (χ1n) is 17.7. The van der Waals surface area contributed by atoms with Crippen molar-refractivity contribution in [2.75, 3.05) is 26.7 Å².